The first-order valence-corrected chi connectivity index (χ1v) is 10.4. The van der Waals surface area contributed by atoms with Crippen LogP contribution in [0.3, 0.4) is 0 Å². The molecule has 0 radical (unpaired) electrons. The van der Waals surface area contributed by atoms with Gasteiger partial charge in [-0.1, -0.05) is 17.7 Å². The molecule has 0 atom stereocenters. The summed E-state index contributed by atoms with van der Waals surface area (Å²) in [6.45, 7) is 5.31. The highest BCUT2D eigenvalue weighted by molar-refractivity contribution is 7.90. The van der Waals surface area contributed by atoms with Crippen LogP contribution in [0.4, 0.5) is 5.69 Å². The van der Waals surface area contributed by atoms with Crippen molar-refractivity contribution >= 4 is 21.7 Å². The molecular formula is C19H20N8O2S. The number of tetrazole rings is 1. The van der Waals surface area contributed by atoms with E-state index in [9.17, 15) is 8.42 Å². The second-order valence-corrected chi connectivity index (χ2v) is 8.18. The van der Waals surface area contributed by atoms with Gasteiger partial charge in [-0.2, -0.15) is 18.4 Å². The maximum absolute atomic E-state index is 13.2. The van der Waals surface area contributed by atoms with Crippen LogP contribution in [0.15, 0.2) is 45.7 Å². The fraction of sp³-hybridized carbons (Fsp3) is 0.211. The fourth-order valence-electron chi connectivity index (χ4n) is 3.10. The second kappa shape index (κ2) is 8.40. The Morgan fingerprint density at radius 3 is 2.40 bits per heavy atom. The first kappa shape index (κ1) is 21.1. The molecule has 3 N–H and O–H groups in total. The third-order valence-corrected chi connectivity index (χ3v) is 5.83. The Kier molecular flexibility index (Phi) is 5.91. The van der Waals surface area contributed by atoms with Gasteiger partial charge in [0.1, 0.15) is 0 Å². The predicted octanol–water partition coefficient (Wildman–Crippen LogP) is 1.63. The molecule has 0 amide bonds. The monoisotopic (exact) mass is 424 g/mol. The SMILES string of the molecule is Cc1cc(C)c(S(=O)(=O)N=C(Nc2ccc(C#N)cc2)n2nnnc2CN)c(C)c1. The third kappa shape index (κ3) is 4.35. The Bertz CT molecular complexity index is 1230. The van der Waals surface area contributed by atoms with E-state index in [-0.39, 0.29) is 23.2 Å². The van der Waals surface area contributed by atoms with E-state index in [0.717, 1.165) is 10.2 Å². The minimum atomic E-state index is -4.11. The van der Waals surface area contributed by atoms with Crippen LogP contribution in [0.1, 0.15) is 28.1 Å². The van der Waals surface area contributed by atoms with Crippen LogP contribution < -0.4 is 11.1 Å². The van der Waals surface area contributed by atoms with Crippen molar-refractivity contribution in [3.8, 4) is 6.07 Å². The van der Waals surface area contributed by atoms with Gasteiger partial charge < -0.3 is 11.1 Å². The maximum atomic E-state index is 13.2. The average Bonchev–Trinajstić information content (AvgIpc) is 3.15. The molecule has 3 aromatic rings. The highest BCUT2D eigenvalue weighted by atomic mass is 32.2. The lowest BCUT2D eigenvalue weighted by Crippen LogP contribution is -2.28. The van der Waals surface area contributed by atoms with E-state index in [4.69, 9.17) is 11.0 Å². The van der Waals surface area contributed by atoms with Crippen LogP contribution >= 0.6 is 0 Å². The number of aryl methyl sites for hydroxylation is 3. The molecule has 0 saturated heterocycles. The molecule has 3 rings (SSSR count). The standard InChI is InChI=1S/C19H20N8O2S/c1-12-8-13(2)18(14(3)9-12)30(28,29)24-19(27-17(11-21)23-25-26-27)22-16-6-4-15(10-20)5-7-16/h4-9H,11,21H2,1-3H3,(H,22,24). The Morgan fingerprint density at radius 1 is 1.20 bits per heavy atom. The van der Waals surface area contributed by atoms with Crippen LogP contribution in [-0.2, 0) is 16.6 Å². The van der Waals surface area contributed by atoms with Crippen molar-refractivity contribution in [1.29, 1.82) is 5.26 Å². The van der Waals surface area contributed by atoms with Gasteiger partial charge in [-0.3, -0.25) is 0 Å². The average molecular weight is 424 g/mol. The molecule has 0 aliphatic carbocycles. The molecular weight excluding hydrogens is 404 g/mol. The van der Waals surface area contributed by atoms with Gasteiger partial charge in [0.05, 0.1) is 23.1 Å². The summed E-state index contributed by atoms with van der Waals surface area (Å²) in [5, 5.41) is 23.0. The van der Waals surface area contributed by atoms with Gasteiger partial charge in [0.25, 0.3) is 10.0 Å². The molecule has 0 aliphatic heterocycles. The first-order valence-electron chi connectivity index (χ1n) is 8.93. The van der Waals surface area contributed by atoms with E-state index in [1.54, 1.807) is 50.2 Å². The number of nitriles is 1. The van der Waals surface area contributed by atoms with Gasteiger partial charge in [0.15, 0.2) is 5.82 Å². The molecule has 30 heavy (non-hydrogen) atoms. The van der Waals surface area contributed by atoms with Crippen LogP contribution in [0.25, 0.3) is 0 Å². The minimum absolute atomic E-state index is 0.0241. The maximum Gasteiger partial charge on any atom is 0.286 e. The molecule has 0 unspecified atom stereocenters. The number of sulfonamides is 1. The zero-order valence-electron chi connectivity index (χ0n) is 16.7. The normalized spacial score (nSPS) is 11.9. The van der Waals surface area contributed by atoms with E-state index in [1.165, 1.54) is 0 Å². The number of nitrogens with one attached hydrogen (secondary N) is 1. The predicted molar refractivity (Wildman–Crippen MR) is 111 cm³/mol. The van der Waals surface area contributed by atoms with E-state index in [2.05, 4.69) is 25.2 Å². The molecule has 154 valence electrons. The summed E-state index contributed by atoms with van der Waals surface area (Å²) in [6, 6.07) is 12.0. The van der Waals surface area contributed by atoms with Crippen LogP contribution in [0.2, 0.25) is 0 Å². The highest BCUT2D eigenvalue weighted by Gasteiger charge is 2.22. The first-order chi connectivity index (χ1) is 14.2. The molecule has 0 bridgehead atoms. The summed E-state index contributed by atoms with van der Waals surface area (Å²) in [7, 11) is -4.11. The zero-order valence-corrected chi connectivity index (χ0v) is 17.5. The molecule has 0 saturated carbocycles. The summed E-state index contributed by atoms with van der Waals surface area (Å²) in [6.07, 6.45) is 0. The van der Waals surface area contributed by atoms with Gasteiger partial charge in [-0.15, -0.1) is 9.50 Å². The molecule has 0 aliphatic rings. The van der Waals surface area contributed by atoms with Crippen molar-refractivity contribution in [2.24, 2.45) is 10.1 Å². The molecule has 0 fully saturated rings. The quantitative estimate of drug-likeness (QED) is 0.473. The topological polar surface area (TPSA) is 152 Å². The summed E-state index contributed by atoms with van der Waals surface area (Å²) in [5.74, 6) is 0.0898. The number of anilines is 1. The lowest BCUT2D eigenvalue weighted by Gasteiger charge is -2.13. The lowest BCUT2D eigenvalue weighted by atomic mass is 10.1. The van der Waals surface area contributed by atoms with E-state index in [0.29, 0.717) is 22.4 Å². The van der Waals surface area contributed by atoms with Crippen molar-refractivity contribution < 1.29 is 8.42 Å². The van der Waals surface area contributed by atoms with E-state index in [1.807, 2.05) is 13.0 Å². The number of rotatable bonds is 4. The van der Waals surface area contributed by atoms with Gasteiger partial charge in [-0.05, 0) is 66.6 Å². The van der Waals surface area contributed by atoms with Crippen LogP contribution in [0.5, 0.6) is 0 Å². The van der Waals surface area contributed by atoms with E-state index < -0.39 is 10.0 Å². The van der Waals surface area contributed by atoms with Crippen molar-refractivity contribution in [1.82, 2.24) is 20.2 Å². The van der Waals surface area contributed by atoms with Crippen molar-refractivity contribution in [2.45, 2.75) is 32.2 Å². The Hall–Kier alpha value is -3.62. The van der Waals surface area contributed by atoms with Crippen molar-refractivity contribution in [2.75, 3.05) is 5.32 Å². The molecule has 2 aromatic carbocycles. The van der Waals surface area contributed by atoms with Crippen molar-refractivity contribution in [3.05, 3.63) is 64.5 Å². The Morgan fingerprint density at radius 2 is 1.83 bits per heavy atom. The third-order valence-electron chi connectivity index (χ3n) is 4.26. The molecule has 1 heterocycles. The Balaban J connectivity index is 2.14. The van der Waals surface area contributed by atoms with Gasteiger partial charge in [0.2, 0.25) is 5.96 Å². The molecule has 11 heteroatoms. The lowest BCUT2D eigenvalue weighted by molar-refractivity contribution is 0.596. The molecule has 0 spiro atoms. The van der Waals surface area contributed by atoms with Gasteiger partial charge >= 0.3 is 0 Å². The van der Waals surface area contributed by atoms with Gasteiger partial charge in [0, 0.05) is 5.69 Å². The van der Waals surface area contributed by atoms with Crippen molar-refractivity contribution in [3.63, 3.8) is 0 Å². The van der Waals surface area contributed by atoms with Crippen LogP contribution in [-0.4, -0.2) is 34.6 Å². The number of nitrogens with two attached hydrogens (primary N) is 1. The van der Waals surface area contributed by atoms with E-state index >= 15 is 0 Å². The summed E-state index contributed by atoms with van der Waals surface area (Å²) < 4.78 is 31.5. The second-order valence-electron chi connectivity index (χ2n) is 6.64. The highest BCUT2D eigenvalue weighted by Crippen LogP contribution is 2.24. The summed E-state index contributed by atoms with van der Waals surface area (Å²) >= 11 is 0. The molecule has 10 nitrogen and oxygen atoms in total. The zero-order chi connectivity index (χ0) is 21.9. The minimum Gasteiger partial charge on any atom is -0.324 e. The largest absolute Gasteiger partial charge is 0.324 e. The Labute approximate surface area is 174 Å². The fourth-order valence-corrected chi connectivity index (χ4v) is 4.48. The van der Waals surface area contributed by atoms with Crippen LogP contribution in [0, 0.1) is 32.1 Å². The van der Waals surface area contributed by atoms with Gasteiger partial charge in [-0.25, -0.2) is 0 Å². The summed E-state index contributed by atoms with van der Waals surface area (Å²) in [4.78, 5) is 0.120. The number of hydrogen-bond acceptors (Lipinski definition) is 7. The number of hydrogen-bond donors (Lipinski definition) is 2. The summed E-state index contributed by atoms with van der Waals surface area (Å²) in [5.41, 5.74) is 8.76. The number of nitrogens with zero attached hydrogens (tertiary/aromatic N) is 6. The number of benzene rings is 2. The number of aromatic nitrogens is 4. The molecule has 1 aromatic heterocycles. The smallest absolute Gasteiger partial charge is 0.286 e.